The maximum absolute atomic E-state index is 8.78. The lowest BCUT2D eigenvalue weighted by atomic mass is 10.1. The van der Waals surface area contributed by atoms with Gasteiger partial charge in [-0.15, -0.1) is 11.8 Å². The average Bonchev–Trinajstić information content (AvgIpc) is 2.05. The number of nitrogens with zero attached hydrogens (tertiary/aromatic N) is 1. The van der Waals surface area contributed by atoms with E-state index >= 15 is 0 Å². The van der Waals surface area contributed by atoms with Crippen molar-refractivity contribution in [2.75, 3.05) is 5.75 Å². The van der Waals surface area contributed by atoms with Gasteiger partial charge in [-0.3, -0.25) is 0 Å². The highest BCUT2D eigenvalue weighted by atomic mass is 32.2. The zero-order valence-electron chi connectivity index (χ0n) is 7.63. The molecule has 0 spiro atoms. The zero-order valence-corrected chi connectivity index (χ0v) is 8.45. The molecular formula is C9H17NS. The van der Waals surface area contributed by atoms with Gasteiger partial charge in [0.25, 0.3) is 0 Å². The van der Waals surface area contributed by atoms with Crippen molar-refractivity contribution in [1.29, 1.82) is 5.26 Å². The Bertz CT molecular complexity index is 128. The second kappa shape index (κ2) is 6.54. The SMILES string of the molecule is CCCSC(C#N)C(C)CC. The minimum absolute atomic E-state index is 0.208. The van der Waals surface area contributed by atoms with Gasteiger partial charge in [0.2, 0.25) is 0 Å². The molecule has 0 aliphatic heterocycles. The molecule has 0 N–H and O–H groups in total. The fourth-order valence-corrected chi connectivity index (χ4v) is 1.87. The summed E-state index contributed by atoms with van der Waals surface area (Å²) < 4.78 is 0. The molecule has 0 radical (unpaired) electrons. The molecule has 0 amide bonds. The van der Waals surface area contributed by atoms with E-state index in [2.05, 4.69) is 26.8 Å². The summed E-state index contributed by atoms with van der Waals surface area (Å²) in [5, 5.41) is 8.99. The summed E-state index contributed by atoms with van der Waals surface area (Å²) in [5.74, 6) is 1.65. The largest absolute Gasteiger partial charge is 0.197 e. The summed E-state index contributed by atoms with van der Waals surface area (Å²) in [4.78, 5) is 0. The first kappa shape index (κ1) is 10.8. The van der Waals surface area contributed by atoms with E-state index < -0.39 is 0 Å². The highest BCUT2D eigenvalue weighted by molar-refractivity contribution is 8.00. The Morgan fingerprint density at radius 3 is 2.45 bits per heavy atom. The van der Waals surface area contributed by atoms with Crippen LogP contribution in [0.4, 0.5) is 0 Å². The molecular weight excluding hydrogens is 154 g/mol. The first-order valence-corrected chi connectivity index (χ1v) is 5.32. The van der Waals surface area contributed by atoms with Crippen molar-refractivity contribution in [3.8, 4) is 6.07 Å². The smallest absolute Gasteiger partial charge is 0.0941 e. The molecule has 2 unspecified atom stereocenters. The summed E-state index contributed by atoms with van der Waals surface area (Å²) in [6.07, 6.45) is 2.27. The van der Waals surface area contributed by atoms with Crippen LogP contribution in [0.5, 0.6) is 0 Å². The van der Waals surface area contributed by atoms with Gasteiger partial charge in [0.05, 0.1) is 11.3 Å². The van der Waals surface area contributed by atoms with Gasteiger partial charge < -0.3 is 0 Å². The Morgan fingerprint density at radius 1 is 1.45 bits per heavy atom. The molecule has 0 saturated carbocycles. The molecule has 2 heteroatoms. The van der Waals surface area contributed by atoms with Crippen LogP contribution < -0.4 is 0 Å². The molecule has 0 rings (SSSR count). The van der Waals surface area contributed by atoms with Gasteiger partial charge in [0.1, 0.15) is 0 Å². The Morgan fingerprint density at radius 2 is 2.09 bits per heavy atom. The molecule has 0 saturated heterocycles. The first-order chi connectivity index (χ1) is 5.26. The molecule has 64 valence electrons. The van der Waals surface area contributed by atoms with E-state index in [4.69, 9.17) is 5.26 Å². The number of rotatable bonds is 5. The van der Waals surface area contributed by atoms with Crippen molar-refractivity contribution >= 4 is 11.8 Å². The topological polar surface area (TPSA) is 23.8 Å². The van der Waals surface area contributed by atoms with E-state index in [-0.39, 0.29) is 5.25 Å². The van der Waals surface area contributed by atoms with Gasteiger partial charge in [0, 0.05) is 0 Å². The van der Waals surface area contributed by atoms with E-state index in [0.717, 1.165) is 12.2 Å². The summed E-state index contributed by atoms with van der Waals surface area (Å²) in [5.41, 5.74) is 0. The third-order valence-electron chi connectivity index (χ3n) is 1.79. The monoisotopic (exact) mass is 171 g/mol. The van der Waals surface area contributed by atoms with Crippen LogP contribution in [0, 0.1) is 17.2 Å². The normalized spacial score (nSPS) is 15.5. The molecule has 0 bridgehead atoms. The molecule has 0 aromatic rings. The van der Waals surface area contributed by atoms with Crippen LogP contribution in [-0.4, -0.2) is 11.0 Å². The van der Waals surface area contributed by atoms with Gasteiger partial charge in [-0.1, -0.05) is 27.2 Å². The molecule has 1 nitrogen and oxygen atoms in total. The van der Waals surface area contributed by atoms with Crippen LogP contribution in [0.25, 0.3) is 0 Å². The lowest BCUT2D eigenvalue weighted by Gasteiger charge is -2.14. The number of hydrogen-bond donors (Lipinski definition) is 0. The van der Waals surface area contributed by atoms with Gasteiger partial charge in [-0.05, 0) is 18.1 Å². The number of hydrogen-bond acceptors (Lipinski definition) is 2. The lowest BCUT2D eigenvalue weighted by molar-refractivity contribution is 0.589. The van der Waals surface area contributed by atoms with E-state index in [9.17, 15) is 0 Å². The van der Waals surface area contributed by atoms with E-state index in [1.54, 1.807) is 11.8 Å². The Hall–Kier alpha value is -0.160. The molecule has 0 fully saturated rings. The molecule has 0 aliphatic carbocycles. The summed E-state index contributed by atoms with van der Waals surface area (Å²) in [7, 11) is 0. The maximum Gasteiger partial charge on any atom is 0.0941 e. The zero-order chi connectivity index (χ0) is 8.69. The Kier molecular flexibility index (Phi) is 6.45. The van der Waals surface area contributed by atoms with Crippen molar-refractivity contribution < 1.29 is 0 Å². The fourth-order valence-electron chi connectivity index (χ4n) is 0.788. The van der Waals surface area contributed by atoms with Gasteiger partial charge in [-0.25, -0.2) is 0 Å². The standard InChI is InChI=1S/C9H17NS/c1-4-6-11-9(7-10)8(3)5-2/h8-9H,4-6H2,1-3H3. The first-order valence-electron chi connectivity index (χ1n) is 4.27. The van der Waals surface area contributed by atoms with E-state index in [1.165, 1.54) is 6.42 Å². The van der Waals surface area contributed by atoms with Crippen molar-refractivity contribution in [3.63, 3.8) is 0 Å². The van der Waals surface area contributed by atoms with Crippen molar-refractivity contribution in [3.05, 3.63) is 0 Å². The predicted octanol–water partition coefficient (Wildman–Crippen LogP) is 3.07. The molecule has 11 heavy (non-hydrogen) atoms. The molecule has 0 aromatic heterocycles. The van der Waals surface area contributed by atoms with Crippen molar-refractivity contribution in [2.45, 2.75) is 38.9 Å². The quantitative estimate of drug-likeness (QED) is 0.634. The third-order valence-corrected chi connectivity index (χ3v) is 3.36. The second-order valence-electron chi connectivity index (χ2n) is 2.81. The maximum atomic E-state index is 8.78. The van der Waals surface area contributed by atoms with Crippen LogP contribution in [-0.2, 0) is 0 Å². The highest BCUT2D eigenvalue weighted by Crippen LogP contribution is 2.21. The summed E-state index contributed by atoms with van der Waals surface area (Å²) in [6, 6.07) is 2.35. The van der Waals surface area contributed by atoms with Gasteiger partial charge in [0.15, 0.2) is 0 Å². The number of thioether (sulfide) groups is 1. The van der Waals surface area contributed by atoms with Gasteiger partial charge >= 0.3 is 0 Å². The van der Waals surface area contributed by atoms with Crippen LogP contribution in [0.15, 0.2) is 0 Å². The number of nitriles is 1. The van der Waals surface area contributed by atoms with Crippen molar-refractivity contribution in [1.82, 2.24) is 0 Å². The van der Waals surface area contributed by atoms with Crippen molar-refractivity contribution in [2.24, 2.45) is 5.92 Å². The van der Waals surface area contributed by atoms with Gasteiger partial charge in [-0.2, -0.15) is 5.26 Å². The third kappa shape index (κ3) is 4.31. The Labute approximate surface area is 74.2 Å². The molecule has 0 aromatic carbocycles. The summed E-state index contributed by atoms with van der Waals surface area (Å²) in [6.45, 7) is 6.44. The minimum Gasteiger partial charge on any atom is -0.197 e. The predicted molar refractivity (Wildman–Crippen MR) is 51.6 cm³/mol. The van der Waals surface area contributed by atoms with Crippen LogP contribution in [0.3, 0.4) is 0 Å². The fraction of sp³-hybridized carbons (Fsp3) is 0.889. The molecule has 0 heterocycles. The second-order valence-corrected chi connectivity index (χ2v) is 4.06. The van der Waals surface area contributed by atoms with Crippen LogP contribution in [0.1, 0.15) is 33.6 Å². The molecule has 0 aliphatic rings. The summed E-state index contributed by atoms with van der Waals surface area (Å²) >= 11 is 1.79. The lowest BCUT2D eigenvalue weighted by Crippen LogP contribution is -2.11. The Balaban J connectivity index is 3.68. The van der Waals surface area contributed by atoms with Crippen LogP contribution in [0.2, 0.25) is 0 Å². The van der Waals surface area contributed by atoms with Crippen LogP contribution >= 0.6 is 11.8 Å². The van der Waals surface area contributed by atoms with E-state index in [1.807, 2.05) is 0 Å². The average molecular weight is 171 g/mol. The minimum atomic E-state index is 0.208. The van der Waals surface area contributed by atoms with E-state index in [0.29, 0.717) is 5.92 Å². The highest BCUT2D eigenvalue weighted by Gasteiger charge is 2.13. The molecule has 2 atom stereocenters.